The van der Waals surface area contributed by atoms with Crippen LogP contribution in [-0.4, -0.2) is 0 Å². The van der Waals surface area contributed by atoms with E-state index in [0.717, 1.165) is 17.8 Å². The molecule has 2 unspecified atom stereocenters. The normalized spacial score (nSPS) is 17.6. The van der Waals surface area contributed by atoms with Crippen LogP contribution in [0.15, 0.2) is 12.2 Å². The maximum Gasteiger partial charge on any atom is -0.0322 e. The minimum Gasteiger partial charge on any atom is -0.0917 e. The topological polar surface area (TPSA) is 0 Å². The van der Waals surface area contributed by atoms with Crippen LogP contribution >= 0.6 is 0 Å². The predicted molar refractivity (Wildman–Crippen MR) is 52.6 cm³/mol. The van der Waals surface area contributed by atoms with Gasteiger partial charge in [0.1, 0.15) is 0 Å². The van der Waals surface area contributed by atoms with E-state index in [-0.39, 0.29) is 0 Å². The SMILES string of the molecule is CC=CCC(C)C(C)C(C)C. The second-order valence-corrected chi connectivity index (χ2v) is 3.89. The van der Waals surface area contributed by atoms with Gasteiger partial charge in [-0.05, 0) is 31.1 Å². The zero-order chi connectivity index (χ0) is 8.85. The Morgan fingerprint density at radius 2 is 1.64 bits per heavy atom. The summed E-state index contributed by atoms with van der Waals surface area (Å²) in [6, 6.07) is 0. The number of hydrogen-bond acceptors (Lipinski definition) is 0. The van der Waals surface area contributed by atoms with Crippen molar-refractivity contribution in [3.63, 3.8) is 0 Å². The molecule has 0 bridgehead atoms. The molecule has 0 N–H and O–H groups in total. The smallest absolute Gasteiger partial charge is 0.0322 e. The summed E-state index contributed by atoms with van der Waals surface area (Å²) in [5, 5.41) is 0. The summed E-state index contributed by atoms with van der Waals surface area (Å²) in [7, 11) is 0. The molecule has 0 saturated heterocycles. The Morgan fingerprint density at radius 1 is 1.09 bits per heavy atom. The molecule has 0 fully saturated rings. The first kappa shape index (κ1) is 10.7. The molecule has 0 radical (unpaired) electrons. The van der Waals surface area contributed by atoms with E-state index in [1.54, 1.807) is 0 Å². The summed E-state index contributed by atoms with van der Waals surface area (Å²) < 4.78 is 0. The second kappa shape index (κ2) is 5.40. The quantitative estimate of drug-likeness (QED) is 0.539. The van der Waals surface area contributed by atoms with Gasteiger partial charge < -0.3 is 0 Å². The molecule has 0 aliphatic rings. The van der Waals surface area contributed by atoms with Gasteiger partial charge in [0.2, 0.25) is 0 Å². The molecule has 0 amide bonds. The first-order chi connectivity index (χ1) is 5.09. The van der Waals surface area contributed by atoms with E-state index in [1.165, 1.54) is 6.42 Å². The van der Waals surface area contributed by atoms with E-state index in [4.69, 9.17) is 0 Å². The molecular weight excluding hydrogens is 132 g/mol. The highest BCUT2D eigenvalue weighted by atomic mass is 14.2. The first-order valence-electron chi connectivity index (χ1n) is 4.70. The Bertz CT molecular complexity index is 111. The summed E-state index contributed by atoms with van der Waals surface area (Å²) in [6.45, 7) is 11.4. The average Bonchev–Trinajstić information content (AvgIpc) is 1.98. The van der Waals surface area contributed by atoms with Crippen molar-refractivity contribution in [1.82, 2.24) is 0 Å². The van der Waals surface area contributed by atoms with Crippen LogP contribution in [0.3, 0.4) is 0 Å². The number of rotatable bonds is 4. The van der Waals surface area contributed by atoms with Gasteiger partial charge in [0.05, 0.1) is 0 Å². The third kappa shape index (κ3) is 4.23. The van der Waals surface area contributed by atoms with Gasteiger partial charge >= 0.3 is 0 Å². The van der Waals surface area contributed by atoms with E-state index in [2.05, 4.69) is 46.8 Å². The molecule has 0 rings (SSSR count). The average molecular weight is 154 g/mol. The molecule has 0 heterocycles. The summed E-state index contributed by atoms with van der Waals surface area (Å²) in [4.78, 5) is 0. The fourth-order valence-electron chi connectivity index (χ4n) is 1.22. The van der Waals surface area contributed by atoms with E-state index >= 15 is 0 Å². The lowest BCUT2D eigenvalue weighted by Crippen LogP contribution is -2.13. The van der Waals surface area contributed by atoms with Crippen LogP contribution in [0.4, 0.5) is 0 Å². The Balaban J connectivity index is 3.72. The zero-order valence-electron chi connectivity index (χ0n) is 8.59. The molecule has 0 aliphatic carbocycles. The van der Waals surface area contributed by atoms with Gasteiger partial charge in [0.25, 0.3) is 0 Å². The third-order valence-electron chi connectivity index (χ3n) is 2.69. The van der Waals surface area contributed by atoms with Crippen LogP contribution in [0.25, 0.3) is 0 Å². The number of hydrogen-bond donors (Lipinski definition) is 0. The standard InChI is InChI=1S/C11H22/c1-6-7-8-10(4)11(5)9(2)3/h6-7,9-11H,8H2,1-5H3. The molecule has 66 valence electrons. The molecule has 0 saturated carbocycles. The number of allylic oxidation sites excluding steroid dienone is 2. The molecule has 0 aromatic heterocycles. The maximum atomic E-state index is 2.35. The molecule has 0 heteroatoms. The van der Waals surface area contributed by atoms with Crippen molar-refractivity contribution in [2.45, 2.75) is 41.0 Å². The molecule has 11 heavy (non-hydrogen) atoms. The summed E-state index contributed by atoms with van der Waals surface area (Å²) in [6.07, 6.45) is 5.64. The van der Waals surface area contributed by atoms with Crippen molar-refractivity contribution in [3.8, 4) is 0 Å². The lowest BCUT2D eigenvalue weighted by molar-refractivity contribution is 0.298. The fourth-order valence-corrected chi connectivity index (χ4v) is 1.22. The molecule has 0 spiro atoms. The highest BCUT2D eigenvalue weighted by molar-refractivity contribution is 4.81. The van der Waals surface area contributed by atoms with Crippen molar-refractivity contribution in [3.05, 3.63) is 12.2 Å². The first-order valence-corrected chi connectivity index (χ1v) is 4.70. The minimum atomic E-state index is 0.815. The Labute approximate surface area is 71.7 Å². The van der Waals surface area contributed by atoms with Crippen LogP contribution in [0.5, 0.6) is 0 Å². The largest absolute Gasteiger partial charge is 0.0917 e. The highest BCUT2D eigenvalue weighted by Crippen LogP contribution is 2.22. The van der Waals surface area contributed by atoms with Crippen LogP contribution in [0.1, 0.15) is 41.0 Å². The van der Waals surface area contributed by atoms with Gasteiger partial charge in [-0.2, -0.15) is 0 Å². The van der Waals surface area contributed by atoms with Crippen LogP contribution in [-0.2, 0) is 0 Å². The van der Waals surface area contributed by atoms with Crippen molar-refractivity contribution in [2.75, 3.05) is 0 Å². The lowest BCUT2D eigenvalue weighted by atomic mass is 9.84. The van der Waals surface area contributed by atoms with Gasteiger partial charge in [-0.3, -0.25) is 0 Å². The lowest BCUT2D eigenvalue weighted by Gasteiger charge is -2.21. The van der Waals surface area contributed by atoms with Gasteiger partial charge in [-0.1, -0.05) is 39.8 Å². The summed E-state index contributed by atoms with van der Waals surface area (Å²) in [5.74, 6) is 2.48. The van der Waals surface area contributed by atoms with E-state index in [9.17, 15) is 0 Å². The summed E-state index contributed by atoms with van der Waals surface area (Å²) in [5.41, 5.74) is 0. The second-order valence-electron chi connectivity index (χ2n) is 3.89. The van der Waals surface area contributed by atoms with Crippen LogP contribution < -0.4 is 0 Å². The molecule has 2 atom stereocenters. The van der Waals surface area contributed by atoms with E-state index < -0.39 is 0 Å². The Hall–Kier alpha value is -0.260. The third-order valence-corrected chi connectivity index (χ3v) is 2.69. The highest BCUT2D eigenvalue weighted by Gasteiger charge is 2.13. The Kier molecular flexibility index (Phi) is 5.27. The van der Waals surface area contributed by atoms with Crippen molar-refractivity contribution < 1.29 is 0 Å². The van der Waals surface area contributed by atoms with Gasteiger partial charge in [0, 0.05) is 0 Å². The van der Waals surface area contributed by atoms with Crippen molar-refractivity contribution in [2.24, 2.45) is 17.8 Å². The molecule has 0 aromatic carbocycles. The van der Waals surface area contributed by atoms with E-state index in [1.807, 2.05) is 0 Å². The van der Waals surface area contributed by atoms with Gasteiger partial charge in [-0.25, -0.2) is 0 Å². The summed E-state index contributed by atoms with van der Waals surface area (Å²) >= 11 is 0. The van der Waals surface area contributed by atoms with Crippen molar-refractivity contribution >= 4 is 0 Å². The fraction of sp³-hybridized carbons (Fsp3) is 0.818. The molecule has 0 aromatic rings. The molecule has 0 nitrogen and oxygen atoms in total. The van der Waals surface area contributed by atoms with Gasteiger partial charge in [0.15, 0.2) is 0 Å². The van der Waals surface area contributed by atoms with E-state index in [0.29, 0.717) is 0 Å². The maximum absolute atomic E-state index is 2.35. The van der Waals surface area contributed by atoms with Crippen molar-refractivity contribution in [1.29, 1.82) is 0 Å². The monoisotopic (exact) mass is 154 g/mol. The minimum absolute atomic E-state index is 0.815. The van der Waals surface area contributed by atoms with Crippen LogP contribution in [0, 0.1) is 17.8 Å². The van der Waals surface area contributed by atoms with Crippen LogP contribution in [0.2, 0.25) is 0 Å². The molecular formula is C11H22. The predicted octanol–water partition coefficient (Wildman–Crippen LogP) is 3.88. The molecule has 0 aliphatic heterocycles. The zero-order valence-corrected chi connectivity index (χ0v) is 8.59. The van der Waals surface area contributed by atoms with Gasteiger partial charge in [-0.15, -0.1) is 0 Å². The Morgan fingerprint density at radius 3 is 2.00 bits per heavy atom.